The van der Waals surface area contributed by atoms with Gasteiger partial charge >= 0.3 is 0 Å². The number of amides is 1. The summed E-state index contributed by atoms with van der Waals surface area (Å²) >= 11 is 0. The number of nitrogens with one attached hydrogen (secondary N) is 1. The highest BCUT2D eigenvalue weighted by Gasteiger charge is 2.30. The number of rotatable bonds is 6. The number of carbonyl (C=O) groups excluding carboxylic acids is 1. The molecule has 1 N–H and O–H groups in total. The van der Waals surface area contributed by atoms with Crippen LogP contribution in [0.1, 0.15) is 43.0 Å². The SMILES string of the molecule is CC[C@H]1CCCCN1S(=O)(=O)CCNC(=O)c1ccc(F)cc1. The molecule has 0 saturated carbocycles. The maximum Gasteiger partial charge on any atom is 0.251 e. The summed E-state index contributed by atoms with van der Waals surface area (Å²) < 4.78 is 39.3. The molecule has 0 aromatic heterocycles. The molecular formula is C16H23FN2O3S. The van der Waals surface area contributed by atoms with Crippen LogP contribution in [0.2, 0.25) is 0 Å². The Hall–Kier alpha value is -1.47. The van der Waals surface area contributed by atoms with E-state index in [-0.39, 0.29) is 18.3 Å². The van der Waals surface area contributed by atoms with Gasteiger partial charge in [0.25, 0.3) is 5.91 Å². The average molecular weight is 342 g/mol. The maximum absolute atomic E-state index is 12.8. The van der Waals surface area contributed by atoms with E-state index in [1.807, 2.05) is 6.92 Å². The molecule has 128 valence electrons. The van der Waals surface area contributed by atoms with Crippen molar-refractivity contribution < 1.29 is 17.6 Å². The van der Waals surface area contributed by atoms with Crippen LogP contribution in [0, 0.1) is 5.82 Å². The van der Waals surface area contributed by atoms with Gasteiger partial charge in [-0.25, -0.2) is 12.8 Å². The van der Waals surface area contributed by atoms with Gasteiger partial charge in [-0.2, -0.15) is 4.31 Å². The Balaban J connectivity index is 1.89. The molecule has 0 aliphatic carbocycles. The summed E-state index contributed by atoms with van der Waals surface area (Å²) in [6, 6.07) is 5.21. The van der Waals surface area contributed by atoms with Crippen LogP contribution in [0.5, 0.6) is 0 Å². The van der Waals surface area contributed by atoms with Gasteiger partial charge in [0.1, 0.15) is 5.82 Å². The Kier molecular flexibility index (Phi) is 6.12. The molecule has 23 heavy (non-hydrogen) atoms. The van der Waals surface area contributed by atoms with E-state index in [2.05, 4.69) is 5.32 Å². The number of hydrogen-bond donors (Lipinski definition) is 1. The van der Waals surface area contributed by atoms with Crippen molar-refractivity contribution in [2.75, 3.05) is 18.8 Å². The minimum atomic E-state index is -3.37. The van der Waals surface area contributed by atoms with E-state index in [1.165, 1.54) is 24.3 Å². The number of halogens is 1. The summed E-state index contributed by atoms with van der Waals surface area (Å²) in [5.41, 5.74) is 0.313. The lowest BCUT2D eigenvalue weighted by Crippen LogP contribution is -2.46. The molecule has 1 heterocycles. The predicted octanol–water partition coefficient (Wildman–Crippen LogP) is 2.15. The Morgan fingerprint density at radius 1 is 1.30 bits per heavy atom. The fraction of sp³-hybridized carbons (Fsp3) is 0.562. The molecule has 1 atom stereocenters. The maximum atomic E-state index is 12.8. The van der Waals surface area contributed by atoms with Crippen LogP contribution in [-0.2, 0) is 10.0 Å². The largest absolute Gasteiger partial charge is 0.351 e. The summed E-state index contributed by atoms with van der Waals surface area (Å²) in [5.74, 6) is -0.929. The smallest absolute Gasteiger partial charge is 0.251 e. The first kappa shape index (κ1) is 17.9. The second-order valence-corrected chi connectivity index (χ2v) is 7.79. The van der Waals surface area contributed by atoms with E-state index >= 15 is 0 Å². The summed E-state index contributed by atoms with van der Waals surface area (Å²) in [6.45, 7) is 2.60. The first-order chi connectivity index (χ1) is 10.9. The highest BCUT2D eigenvalue weighted by atomic mass is 32.2. The van der Waals surface area contributed by atoms with Crippen molar-refractivity contribution in [3.05, 3.63) is 35.6 Å². The van der Waals surface area contributed by atoms with E-state index in [9.17, 15) is 17.6 Å². The van der Waals surface area contributed by atoms with Crippen molar-refractivity contribution >= 4 is 15.9 Å². The van der Waals surface area contributed by atoms with Crippen LogP contribution in [0.3, 0.4) is 0 Å². The number of sulfonamides is 1. The molecule has 1 aliphatic heterocycles. The van der Waals surface area contributed by atoms with E-state index < -0.39 is 21.7 Å². The summed E-state index contributed by atoms with van der Waals surface area (Å²) in [4.78, 5) is 11.9. The molecule has 0 radical (unpaired) electrons. The summed E-state index contributed by atoms with van der Waals surface area (Å²) in [7, 11) is -3.37. The Bertz CT molecular complexity index is 631. The first-order valence-electron chi connectivity index (χ1n) is 7.97. The number of benzene rings is 1. The minimum absolute atomic E-state index is 0.0471. The van der Waals surface area contributed by atoms with Crippen molar-refractivity contribution in [3.63, 3.8) is 0 Å². The van der Waals surface area contributed by atoms with E-state index in [4.69, 9.17) is 0 Å². The van der Waals surface area contributed by atoms with Gasteiger partial charge < -0.3 is 5.32 Å². The first-order valence-corrected chi connectivity index (χ1v) is 9.58. The van der Waals surface area contributed by atoms with Crippen LogP contribution in [0.25, 0.3) is 0 Å². The van der Waals surface area contributed by atoms with Crippen molar-refractivity contribution in [1.82, 2.24) is 9.62 Å². The predicted molar refractivity (Wildman–Crippen MR) is 87.2 cm³/mol. The lowest BCUT2D eigenvalue weighted by Gasteiger charge is -2.34. The average Bonchev–Trinajstić information content (AvgIpc) is 2.55. The third-order valence-electron chi connectivity index (χ3n) is 4.15. The number of hydrogen-bond acceptors (Lipinski definition) is 3. The molecule has 7 heteroatoms. The van der Waals surface area contributed by atoms with Crippen LogP contribution in [0.4, 0.5) is 4.39 Å². The van der Waals surface area contributed by atoms with Crippen LogP contribution in [0.15, 0.2) is 24.3 Å². The van der Waals surface area contributed by atoms with Gasteiger partial charge in [-0.3, -0.25) is 4.79 Å². The molecule has 1 aromatic rings. The van der Waals surface area contributed by atoms with Gasteiger partial charge in [-0.15, -0.1) is 0 Å². The summed E-state index contributed by atoms with van der Waals surface area (Å²) in [5, 5.41) is 2.58. The molecule has 2 rings (SSSR count). The van der Waals surface area contributed by atoms with Crippen LogP contribution >= 0.6 is 0 Å². The van der Waals surface area contributed by atoms with Gasteiger partial charge in [-0.05, 0) is 43.5 Å². The fourth-order valence-electron chi connectivity index (χ4n) is 2.86. The summed E-state index contributed by atoms with van der Waals surface area (Å²) in [6.07, 6.45) is 3.66. The van der Waals surface area contributed by atoms with Crippen molar-refractivity contribution in [2.45, 2.75) is 38.6 Å². The molecule has 1 saturated heterocycles. The van der Waals surface area contributed by atoms with E-state index in [1.54, 1.807) is 4.31 Å². The zero-order chi connectivity index (χ0) is 16.9. The molecule has 1 aromatic carbocycles. The molecule has 5 nitrogen and oxygen atoms in total. The normalized spacial score (nSPS) is 19.5. The highest BCUT2D eigenvalue weighted by Crippen LogP contribution is 2.22. The monoisotopic (exact) mass is 342 g/mol. The molecular weight excluding hydrogens is 319 g/mol. The Morgan fingerprint density at radius 3 is 2.65 bits per heavy atom. The molecule has 0 unspecified atom stereocenters. The zero-order valence-electron chi connectivity index (χ0n) is 13.3. The third-order valence-corrected chi connectivity index (χ3v) is 6.07. The number of nitrogens with zero attached hydrogens (tertiary/aromatic N) is 1. The van der Waals surface area contributed by atoms with Crippen molar-refractivity contribution in [1.29, 1.82) is 0 Å². The second kappa shape index (κ2) is 7.88. The van der Waals surface area contributed by atoms with Gasteiger partial charge in [0.2, 0.25) is 10.0 Å². The number of carbonyl (C=O) groups is 1. The molecule has 1 fully saturated rings. The Morgan fingerprint density at radius 2 is 2.00 bits per heavy atom. The molecule has 1 aliphatic rings. The fourth-order valence-corrected chi connectivity index (χ4v) is 4.57. The lowest BCUT2D eigenvalue weighted by atomic mass is 10.0. The van der Waals surface area contributed by atoms with Crippen LogP contribution in [-0.4, -0.2) is 43.5 Å². The van der Waals surface area contributed by atoms with Gasteiger partial charge in [0.15, 0.2) is 0 Å². The zero-order valence-corrected chi connectivity index (χ0v) is 14.1. The molecule has 1 amide bonds. The van der Waals surface area contributed by atoms with Gasteiger partial charge in [-0.1, -0.05) is 13.3 Å². The second-order valence-electron chi connectivity index (χ2n) is 5.75. The van der Waals surface area contributed by atoms with Gasteiger partial charge in [0, 0.05) is 24.7 Å². The van der Waals surface area contributed by atoms with Crippen LogP contribution < -0.4 is 5.32 Å². The third kappa shape index (κ3) is 4.75. The topological polar surface area (TPSA) is 66.5 Å². The standard InChI is InChI=1S/C16H23FN2O3S/c1-2-15-5-3-4-11-19(15)23(21,22)12-10-18-16(20)13-6-8-14(17)9-7-13/h6-9,15H,2-5,10-12H2,1H3,(H,18,20)/t15-/m0/s1. The minimum Gasteiger partial charge on any atom is -0.351 e. The quantitative estimate of drug-likeness (QED) is 0.861. The van der Waals surface area contributed by atoms with Gasteiger partial charge in [0.05, 0.1) is 5.75 Å². The Labute approximate surface area is 136 Å². The van der Waals surface area contributed by atoms with E-state index in [0.717, 1.165) is 25.7 Å². The number of piperidine rings is 1. The van der Waals surface area contributed by atoms with E-state index in [0.29, 0.717) is 12.1 Å². The molecule has 0 spiro atoms. The van der Waals surface area contributed by atoms with Crippen molar-refractivity contribution in [3.8, 4) is 0 Å². The lowest BCUT2D eigenvalue weighted by molar-refractivity contribution is 0.0956. The highest BCUT2D eigenvalue weighted by molar-refractivity contribution is 7.89. The van der Waals surface area contributed by atoms with Crippen molar-refractivity contribution in [2.24, 2.45) is 0 Å². The molecule has 0 bridgehead atoms.